The molecule has 27 heavy (non-hydrogen) atoms. The lowest BCUT2D eigenvalue weighted by Gasteiger charge is -2.13. The first kappa shape index (κ1) is 23.3. The molecule has 0 aliphatic heterocycles. The zero-order valence-electron chi connectivity index (χ0n) is 16.8. The van der Waals surface area contributed by atoms with Crippen LogP contribution in [0, 0.1) is 0 Å². The van der Waals surface area contributed by atoms with Gasteiger partial charge in [0, 0.05) is 18.5 Å². The van der Waals surface area contributed by atoms with Crippen molar-refractivity contribution in [2.45, 2.75) is 46.1 Å². The second-order valence-corrected chi connectivity index (χ2v) is 7.09. The molecule has 0 unspecified atom stereocenters. The first-order valence-corrected chi connectivity index (χ1v) is 9.02. The standard InChI is InChI=1S/C20H30N4O2.HI/c1-6-21-19(22-12-11-15-7-9-16(25-5)10-8-15)24-14-18-23-13-17(26-18)20(2,3)4;/h7-10,13H,6,11-12,14H2,1-5H3,(H2,21,22,24);1H. The first-order chi connectivity index (χ1) is 12.4. The van der Waals surface area contributed by atoms with E-state index < -0.39 is 0 Å². The quantitative estimate of drug-likeness (QED) is 0.353. The molecule has 0 fully saturated rings. The predicted octanol–water partition coefficient (Wildman–Crippen LogP) is 3.90. The Balaban J connectivity index is 0.00000364. The molecule has 2 aromatic rings. The molecule has 6 nitrogen and oxygen atoms in total. The fraction of sp³-hybridized carbons (Fsp3) is 0.500. The van der Waals surface area contributed by atoms with Crippen molar-refractivity contribution in [3.63, 3.8) is 0 Å². The van der Waals surface area contributed by atoms with Gasteiger partial charge in [0.05, 0.1) is 13.3 Å². The third-order valence-corrected chi connectivity index (χ3v) is 3.87. The minimum Gasteiger partial charge on any atom is -0.497 e. The van der Waals surface area contributed by atoms with Gasteiger partial charge in [-0.25, -0.2) is 9.98 Å². The van der Waals surface area contributed by atoms with Gasteiger partial charge in [-0.3, -0.25) is 0 Å². The van der Waals surface area contributed by atoms with Crippen LogP contribution in [-0.2, 0) is 18.4 Å². The summed E-state index contributed by atoms with van der Waals surface area (Å²) < 4.78 is 11.0. The molecule has 0 saturated heterocycles. The van der Waals surface area contributed by atoms with E-state index in [9.17, 15) is 0 Å². The number of nitrogens with zero attached hydrogens (tertiary/aromatic N) is 2. The van der Waals surface area contributed by atoms with Crippen molar-refractivity contribution in [1.29, 1.82) is 0 Å². The summed E-state index contributed by atoms with van der Waals surface area (Å²) in [5.74, 6) is 3.14. The van der Waals surface area contributed by atoms with Crippen molar-refractivity contribution in [2.24, 2.45) is 4.99 Å². The number of oxazole rings is 1. The highest BCUT2D eigenvalue weighted by molar-refractivity contribution is 14.0. The van der Waals surface area contributed by atoms with Crippen molar-refractivity contribution >= 4 is 29.9 Å². The molecule has 0 radical (unpaired) electrons. The maximum atomic E-state index is 5.79. The summed E-state index contributed by atoms with van der Waals surface area (Å²) in [5, 5.41) is 6.59. The third kappa shape index (κ3) is 7.78. The molecule has 0 saturated carbocycles. The van der Waals surface area contributed by atoms with E-state index >= 15 is 0 Å². The number of aliphatic imine (C=N–C) groups is 1. The summed E-state index contributed by atoms with van der Waals surface area (Å²) in [6.45, 7) is 10.4. The van der Waals surface area contributed by atoms with Gasteiger partial charge >= 0.3 is 0 Å². The van der Waals surface area contributed by atoms with Gasteiger partial charge in [-0.1, -0.05) is 32.9 Å². The molecule has 2 N–H and O–H groups in total. The summed E-state index contributed by atoms with van der Waals surface area (Å²) in [5.41, 5.74) is 1.20. The molecule has 0 bridgehead atoms. The fourth-order valence-corrected chi connectivity index (χ4v) is 2.34. The van der Waals surface area contributed by atoms with E-state index in [-0.39, 0.29) is 29.4 Å². The number of guanidine groups is 1. The highest BCUT2D eigenvalue weighted by atomic mass is 127. The van der Waals surface area contributed by atoms with E-state index in [1.165, 1.54) is 5.56 Å². The zero-order chi connectivity index (χ0) is 19.0. The van der Waals surface area contributed by atoms with Crippen molar-refractivity contribution < 1.29 is 9.15 Å². The minimum absolute atomic E-state index is 0. The number of rotatable bonds is 7. The van der Waals surface area contributed by atoms with Crippen molar-refractivity contribution in [3.8, 4) is 5.75 Å². The maximum Gasteiger partial charge on any atom is 0.216 e. The predicted molar refractivity (Wildman–Crippen MR) is 120 cm³/mol. The summed E-state index contributed by atoms with van der Waals surface area (Å²) in [4.78, 5) is 8.87. The number of nitrogens with one attached hydrogen (secondary N) is 2. The molecule has 0 amide bonds. The molecule has 1 heterocycles. The number of hydrogen-bond acceptors (Lipinski definition) is 4. The van der Waals surface area contributed by atoms with Crippen LogP contribution in [0.15, 0.2) is 39.9 Å². The second-order valence-electron chi connectivity index (χ2n) is 7.09. The van der Waals surface area contributed by atoms with Gasteiger partial charge in [0.25, 0.3) is 0 Å². The van der Waals surface area contributed by atoms with E-state index in [0.717, 1.165) is 37.0 Å². The number of methoxy groups -OCH3 is 1. The van der Waals surface area contributed by atoms with Crippen molar-refractivity contribution in [1.82, 2.24) is 15.6 Å². The Morgan fingerprint density at radius 1 is 1.19 bits per heavy atom. The van der Waals surface area contributed by atoms with Crippen LogP contribution in [0.5, 0.6) is 5.75 Å². The van der Waals surface area contributed by atoms with Gasteiger partial charge in [0.15, 0.2) is 5.96 Å². The lowest BCUT2D eigenvalue weighted by atomic mass is 9.94. The summed E-state index contributed by atoms with van der Waals surface area (Å²) in [6, 6.07) is 8.10. The van der Waals surface area contributed by atoms with E-state index in [4.69, 9.17) is 9.15 Å². The van der Waals surface area contributed by atoms with Crippen LogP contribution in [0.3, 0.4) is 0 Å². The molecule has 0 aliphatic rings. The van der Waals surface area contributed by atoms with Crippen molar-refractivity contribution in [3.05, 3.63) is 47.7 Å². The second kappa shape index (κ2) is 11.2. The summed E-state index contributed by atoms with van der Waals surface area (Å²) >= 11 is 0. The SMILES string of the molecule is CCNC(=NCc1ncc(C(C)(C)C)o1)NCCc1ccc(OC)cc1.I. The van der Waals surface area contributed by atoms with E-state index in [1.54, 1.807) is 13.3 Å². The Morgan fingerprint density at radius 3 is 2.44 bits per heavy atom. The lowest BCUT2D eigenvalue weighted by Crippen LogP contribution is -2.38. The zero-order valence-corrected chi connectivity index (χ0v) is 19.2. The number of aromatic nitrogens is 1. The summed E-state index contributed by atoms with van der Waals surface area (Å²) in [6.07, 6.45) is 2.69. The number of ether oxygens (including phenoxy) is 1. The molecule has 0 spiro atoms. The minimum atomic E-state index is -0.0456. The van der Waals surface area contributed by atoms with Gasteiger partial charge in [0.2, 0.25) is 5.89 Å². The molecule has 2 rings (SSSR count). The summed E-state index contributed by atoms with van der Waals surface area (Å²) in [7, 11) is 1.67. The molecular formula is C20H31IN4O2. The van der Waals surface area contributed by atoms with E-state index in [1.807, 2.05) is 19.1 Å². The number of benzene rings is 1. The van der Waals surface area contributed by atoms with E-state index in [0.29, 0.717) is 12.4 Å². The Kier molecular flexibility index (Phi) is 9.62. The van der Waals surface area contributed by atoms with E-state index in [2.05, 4.69) is 53.5 Å². The molecular weight excluding hydrogens is 455 g/mol. The largest absolute Gasteiger partial charge is 0.497 e. The van der Waals surface area contributed by atoms with Gasteiger partial charge in [-0.05, 0) is 31.0 Å². The topological polar surface area (TPSA) is 71.7 Å². The average molecular weight is 486 g/mol. The fourth-order valence-electron chi connectivity index (χ4n) is 2.34. The monoisotopic (exact) mass is 486 g/mol. The van der Waals surface area contributed by atoms with Crippen LogP contribution >= 0.6 is 24.0 Å². The molecule has 1 aromatic heterocycles. The van der Waals surface area contributed by atoms with Gasteiger partial charge in [-0.2, -0.15) is 0 Å². The van der Waals surface area contributed by atoms with Crippen LogP contribution < -0.4 is 15.4 Å². The van der Waals surface area contributed by atoms with Crippen LogP contribution in [0.1, 0.15) is 44.9 Å². The van der Waals surface area contributed by atoms with Gasteiger partial charge in [-0.15, -0.1) is 24.0 Å². The third-order valence-electron chi connectivity index (χ3n) is 3.87. The Hall–Kier alpha value is -1.77. The maximum absolute atomic E-state index is 5.79. The van der Waals surface area contributed by atoms with Gasteiger partial charge < -0.3 is 19.8 Å². The molecule has 150 valence electrons. The molecule has 0 atom stereocenters. The number of hydrogen-bond donors (Lipinski definition) is 2. The number of halogens is 1. The Labute approximate surface area is 179 Å². The molecule has 0 aliphatic carbocycles. The van der Waals surface area contributed by atoms with Crippen molar-refractivity contribution in [2.75, 3.05) is 20.2 Å². The average Bonchev–Trinajstić information content (AvgIpc) is 3.10. The first-order valence-electron chi connectivity index (χ1n) is 9.02. The highest BCUT2D eigenvalue weighted by Gasteiger charge is 2.18. The molecule has 7 heteroatoms. The van der Waals surface area contributed by atoms with Gasteiger partial charge in [0.1, 0.15) is 18.1 Å². The Bertz CT molecular complexity index is 706. The van der Waals surface area contributed by atoms with Crippen LogP contribution in [0.4, 0.5) is 0 Å². The van der Waals surface area contributed by atoms with Crippen LogP contribution in [0.2, 0.25) is 0 Å². The normalized spacial score (nSPS) is 11.7. The highest BCUT2D eigenvalue weighted by Crippen LogP contribution is 2.22. The van der Waals surface area contributed by atoms with Crippen LogP contribution in [0.25, 0.3) is 0 Å². The smallest absolute Gasteiger partial charge is 0.216 e. The van der Waals surface area contributed by atoms with Crippen LogP contribution in [-0.4, -0.2) is 31.1 Å². The Morgan fingerprint density at radius 2 is 1.89 bits per heavy atom. The molecule has 1 aromatic carbocycles. The lowest BCUT2D eigenvalue weighted by molar-refractivity contribution is 0.383.